The number of aromatic nitrogens is 4. The number of hydrogen-bond donors (Lipinski definition) is 1. The molecule has 0 atom stereocenters. The lowest BCUT2D eigenvalue weighted by molar-refractivity contribution is -0.107. The summed E-state index contributed by atoms with van der Waals surface area (Å²) in [5.41, 5.74) is 2.79. The number of rotatable bonds is 16. The predicted octanol–water partition coefficient (Wildman–Crippen LogP) is 0.820. The van der Waals surface area contributed by atoms with Gasteiger partial charge < -0.3 is 38.3 Å². The maximum absolute atomic E-state index is 13.2. The Balaban J connectivity index is 0.000000228. The first-order chi connectivity index (χ1) is 28.6. The van der Waals surface area contributed by atoms with E-state index in [9.17, 15) is 36.3 Å². The number of piperazine rings is 2. The second-order valence-electron chi connectivity index (χ2n) is 14.5. The average molecular weight is 871 g/mol. The summed E-state index contributed by atoms with van der Waals surface area (Å²) < 4.78 is 63.4. The van der Waals surface area contributed by atoms with Crippen LogP contribution in [0.4, 0.5) is 11.6 Å². The van der Waals surface area contributed by atoms with E-state index >= 15 is 0 Å². The molecular formula is C40H54N8O10S2. The number of aliphatic hydroxyl groups excluding tert-OH is 1. The third-order valence-electron chi connectivity index (χ3n) is 10.2. The molecule has 2 aromatic heterocycles. The lowest BCUT2D eigenvalue weighted by Crippen LogP contribution is -2.50. The minimum atomic E-state index is -3.26. The van der Waals surface area contributed by atoms with Crippen molar-refractivity contribution in [2.24, 2.45) is 0 Å². The molecule has 4 heterocycles. The third-order valence-corrected chi connectivity index (χ3v) is 12.8. The lowest BCUT2D eigenvalue weighted by Gasteiger charge is -2.33. The topological polar surface area (TPSA) is 207 Å². The second kappa shape index (κ2) is 20.9. The maximum atomic E-state index is 13.2. The summed E-state index contributed by atoms with van der Waals surface area (Å²) in [6, 6.07) is 15.0. The third kappa shape index (κ3) is 12.4. The van der Waals surface area contributed by atoms with Crippen molar-refractivity contribution in [1.82, 2.24) is 27.7 Å². The van der Waals surface area contributed by atoms with Crippen molar-refractivity contribution in [3.05, 3.63) is 104 Å². The molecule has 2 saturated heterocycles. The van der Waals surface area contributed by atoms with Crippen molar-refractivity contribution in [2.45, 2.75) is 38.8 Å². The number of hydrogen-bond acceptors (Lipinski definition) is 14. The van der Waals surface area contributed by atoms with Gasteiger partial charge in [0.15, 0.2) is 11.6 Å². The van der Waals surface area contributed by atoms with Crippen molar-refractivity contribution < 1.29 is 36.2 Å². The Morgan fingerprint density at radius 2 is 1.02 bits per heavy atom. The fourth-order valence-corrected chi connectivity index (χ4v) is 8.49. The molecule has 2 aliphatic rings. The van der Waals surface area contributed by atoms with Crippen molar-refractivity contribution in [3.63, 3.8) is 0 Å². The van der Waals surface area contributed by atoms with Crippen LogP contribution in [0.3, 0.4) is 0 Å². The molecule has 0 amide bonds. The van der Waals surface area contributed by atoms with Crippen LogP contribution in [0.25, 0.3) is 0 Å². The Labute approximate surface area is 350 Å². The summed E-state index contributed by atoms with van der Waals surface area (Å²) >= 11 is 0. The van der Waals surface area contributed by atoms with Crippen LogP contribution in [0, 0.1) is 0 Å². The zero-order valence-electron chi connectivity index (χ0n) is 34.5. The highest BCUT2D eigenvalue weighted by atomic mass is 32.2. The van der Waals surface area contributed by atoms with Crippen LogP contribution in [0.15, 0.2) is 70.5 Å². The molecule has 0 spiro atoms. The van der Waals surface area contributed by atoms with E-state index < -0.39 is 20.0 Å². The van der Waals surface area contributed by atoms with Crippen molar-refractivity contribution >= 4 is 38.0 Å². The minimum absolute atomic E-state index is 0.0433. The van der Waals surface area contributed by atoms with Gasteiger partial charge in [0, 0.05) is 77.8 Å². The highest BCUT2D eigenvalue weighted by Crippen LogP contribution is 2.18. The van der Waals surface area contributed by atoms with E-state index in [4.69, 9.17) is 9.47 Å². The first-order valence-electron chi connectivity index (χ1n) is 19.5. The molecular weight excluding hydrogens is 817 g/mol. The van der Waals surface area contributed by atoms with Crippen molar-refractivity contribution in [2.75, 3.05) is 95.5 Å². The number of aryl methyl sites for hydroxylation is 2. The van der Waals surface area contributed by atoms with Gasteiger partial charge in [-0.05, 0) is 54.7 Å². The first kappa shape index (κ1) is 45.9. The predicted molar refractivity (Wildman–Crippen MR) is 228 cm³/mol. The van der Waals surface area contributed by atoms with E-state index in [1.165, 1.54) is 21.1 Å². The number of ether oxygens (including phenoxy) is 2. The summed E-state index contributed by atoms with van der Waals surface area (Å²) in [4.78, 5) is 49.8. The highest BCUT2D eigenvalue weighted by molar-refractivity contribution is 7.88. The monoisotopic (exact) mass is 870 g/mol. The smallest absolute Gasteiger partial charge is 0.293 e. The summed E-state index contributed by atoms with van der Waals surface area (Å²) in [7, 11) is -3.32. The summed E-state index contributed by atoms with van der Waals surface area (Å²) in [5.74, 6) is 2.10. The van der Waals surface area contributed by atoms with Crippen LogP contribution in [0.5, 0.6) is 11.5 Å². The molecule has 60 heavy (non-hydrogen) atoms. The van der Waals surface area contributed by atoms with Gasteiger partial charge >= 0.3 is 0 Å². The van der Waals surface area contributed by atoms with Crippen LogP contribution >= 0.6 is 0 Å². The van der Waals surface area contributed by atoms with E-state index in [0.717, 1.165) is 34.6 Å². The van der Waals surface area contributed by atoms with E-state index in [0.29, 0.717) is 108 Å². The molecule has 0 unspecified atom stereocenters. The van der Waals surface area contributed by atoms with Gasteiger partial charge in [-0.15, -0.1) is 0 Å². The summed E-state index contributed by atoms with van der Waals surface area (Å²) in [6.07, 6.45) is 8.47. The van der Waals surface area contributed by atoms with Crippen LogP contribution < -0.4 is 30.4 Å². The molecule has 0 bridgehead atoms. The van der Waals surface area contributed by atoms with Gasteiger partial charge in [0.1, 0.15) is 17.8 Å². The molecule has 1 N–H and O–H groups in total. The van der Waals surface area contributed by atoms with Gasteiger partial charge in [-0.2, -0.15) is 8.61 Å². The van der Waals surface area contributed by atoms with Crippen LogP contribution in [-0.2, 0) is 50.8 Å². The quantitative estimate of drug-likeness (QED) is 0.155. The molecule has 6 rings (SSSR count). The normalized spacial score (nSPS) is 15.3. The average Bonchev–Trinajstić information content (AvgIpc) is 3.24. The van der Waals surface area contributed by atoms with E-state index in [1.807, 2.05) is 58.3 Å². The number of carbonyl (C=O) groups excluding carboxylic acids is 1. The largest absolute Gasteiger partial charge is 0.497 e. The second-order valence-corrected chi connectivity index (χ2v) is 18.5. The Bertz CT molecular complexity index is 2390. The highest BCUT2D eigenvalue weighted by Gasteiger charge is 2.28. The molecule has 2 aromatic carbocycles. The summed E-state index contributed by atoms with van der Waals surface area (Å²) in [5, 5.41) is 9.18. The molecule has 0 saturated carbocycles. The van der Waals surface area contributed by atoms with Gasteiger partial charge in [0.25, 0.3) is 11.1 Å². The first-order valence-corrected chi connectivity index (χ1v) is 23.2. The number of nitrogens with zero attached hydrogens (tertiary/aromatic N) is 8. The van der Waals surface area contributed by atoms with Crippen molar-refractivity contribution in [3.8, 4) is 11.5 Å². The molecule has 4 aromatic rings. The minimum Gasteiger partial charge on any atom is -0.497 e. The number of aldehydes is 1. The number of aliphatic hydroxyl groups is 1. The lowest BCUT2D eigenvalue weighted by atomic mass is 10.2. The zero-order valence-corrected chi connectivity index (χ0v) is 36.1. The molecule has 0 radical (unpaired) electrons. The Morgan fingerprint density at radius 3 is 1.35 bits per heavy atom. The Kier molecular flexibility index (Phi) is 16.0. The van der Waals surface area contributed by atoms with Gasteiger partial charge in [-0.25, -0.2) is 26.8 Å². The van der Waals surface area contributed by atoms with Crippen LogP contribution in [0.1, 0.15) is 35.4 Å². The number of methoxy groups -OCH3 is 2. The molecule has 18 nitrogen and oxygen atoms in total. The Morgan fingerprint density at radius 1 is 0.633 bits per heavy atom. The maximum Gasteiger partial charge on any atom is 0.293 e. The number of sulfonamides is 2. The number of anilines is 2. The van der Waals surface area contributed by atoms with Gasteiger partial charge in [-0.3, -0.25) is 9.59 Å². The van der Waals surface area contributed by atoms with Gasteiger partial charge in [0.2, 0.25) is 20.0 Å². The van der Waals surface area contributed by atoms with Crippen molar-refractivity contribution in [1.29, 1.82) is 0 Å². The summed E-state index contributed by atoms with van der Waals surface area (Å²) in [6.45, 7) is 3.60. The zero-order chi connectivity index (χ0) is 43.5. The van der Waals surface area contributed by atoms with E-state index in [1.54, 1.807) is 35.7 Å². The standard InChI is InChI=1S/C20H28N4O5S.C20H26N4O5S/c2*1-29-18-7-5-16(6-8-18)14-23-15-17(4-3-13-25)21-19(20(23)26)22-9-11-24(12-10-22)30(2,27)28/h5-8,15,25H,3-4,9-14H2,1-2H3;5-8,13,15H,3-4,9-12,14H2,1-2H3. The van der Waals surface area contributed by atoms with Gasteiger partial charge in [0.05, 0.1) is 51.2 Å². The van der Waals surface area contributed by atoms with Crippen LogP contribution in [0.2, 0.25) is 0 Å². The number of benzene rings is 2. The molecule has 20 heteroatoms. The fourth-order valence-electron chi connectivity index (χ4n) is 6.83. The SMILES string of the molecule is COc1ccc(Cn2cc(CCC=O)nc(N3CCN(S(C)(=O)=O)CC3)c2=O)cc1.COc1ccc(Cn2cc(CCCO)nc(N3CCN(S(C)(=O)=O)CC3)c2=O)cc1. The molecule has 0 aliphatic carbocycles. The van der Waals surface area contributed by atoms with E-state index in [2.05, 4.69) is 9.97 Å². The van der Waals surface area contributed by atoms with Crippen LogP contribution in [-0.4, -0.2) is 142 Å². The molecule has 326 valence electrons. The molecule has 2 aliphatic heterocycles. The van der Waals surface area contributed by atoms with E-state index in [-0.39, 0.29) is 17.7 Å². The fraction of sp³-hybridized carbons (Fsp3) is 0.475. The van der Waals surface area contributed by atoms with Gasteiger partial charge in [-0.1, -0.05) is 24.3 Å². The number of carbonyl (C=O) groups is 1. The molecule has 2 fully saturated rings. The Hall–Kier alpha value is -5.15.